The first-order valence-electron chi connectivity index (χ1n) is 11.6. The summed E-state index contributed by atoms with van der Waals surface area (Å²) in [6, 6.07) is 8.93. The molecule has 0 aliphatic carbocycles. The van der Waals surface area contributed by atoms with Crippen molar-refractivity contribution in [1.29, 1.82) is 0 Å². The summed E-state index contributed by atoms with van der Waals surface area (Å²) in [4.78, 5) is 0. The van der Waals surface area contributed by atoms with E-state index in [4.69, 9.17) is 0 Å². The van der Waals surface area contributed by atoms with Crippen molar-refractivity contribution in [3.63, 3.8) is 0 Å². The predicted octanol–water partition coefficient (Wildman–Crippen LogP) is 9.13. The Kier molecular flexibility index (Phi) is 15.4. The molecule has 0 N–H and O–H groups in total. The highest BCUT2D eigenvalue weighted by molar-refractivity contribution is 5.53. The van der Waals surface area contributed by atoms with Crippen molar-refractivity contribution in [2.75, 3.05) is 0 Å². The van der Waals surface area contributed by atoms with Gasteiger partial charge in [0.2, 0.25) is 0 Å². The van der Waals surface area contributed by atoms with Gasteiger partial charge in [-0.1, -0.05) is 134 Å². The lowest BCUT2D eigenvalue weighted by molar-refractivity contribution is 0.539. The van der Waals surface area contributed by atoms with Crippen LogP contribution in [0.3, 0.4) is 0 Å². The van der Waals surface area contributed by atoms with Crippen LogP contribution in [0.2, 0.25) is 0 Å². The van der Waals surface area contributed by atoms with Gasteiger partial charge < -0.3 is 0 Å². The van der Waals surface area contributed by atoms with E-state index in [9.17, 15) is 0 Å². The lowest BCUT2D eigenvalue weighted by Gasteiger charge is -2.06. The molecule has 0 atom stereocenters. The van der Waals surface area contributed by atoms with Gasteiger partial charge in [-0.15, -0.1) is 0 Å². The molecule has 26 heavy (non-hydrogen) atoms. The van der Waals surface area contributed by atoms with Crippen LogP contribution in [-0.2, 0) is 6.42 Å². The maximum Gasteiger partial charge on any atom is -0.0228 e. The number of unbranched alkanes of at least 4 members (excludes halogenated alkanes) is 13. The van der Waals surface area contributed by atoms with Crippen LogP contribution in [0.4, 0.5) is 0 Å². The average molecular weight is 357 g/mol. The Morgan fingerprint density at radius 3 is 1.73 bits per heavy atom. The zero-order chi connectivity index (χ0) is 18.7. The molecule has 0 heteroatoms. The number of allylic oxidation sites excluding steroid dienone is 1. The molecule has 0 spiro atoms. The van der Waals surface area contributed by atoms with Crippen LogP contribution in [-0.4, -0.2) is 0 Å². The smallest absolute Gasteiger partial charge is 0.0228 e. The molecule has 0 aliphatic heterocycles. The van der Waals surface area contributed by atoms with Gasteiger partial charge in [0.15, 0.2) is 0 Å². The summed E-state index contributed by atoms with van der Waals surface area (Å²) in [5, 5.41) is 0. The molecule has 0 bridgehead atoms. The number of hydrogen-bond donors (Lipinski definition) is 0. The number of benzene rings is 1. The van der Waals surface area contributed by atoms with Crippen molar-refractivity contribution in [3.05, 3.63) is 41.5 Å². The van der Waals surface area contributed by atoms with Crippen molar-refractivity contribution in [2.45, 2.75) is 117 Å². The van der Waals surface area contributed by atoms with E-state index in [1.807, 2.05) is 0 Å². The van der Waals surface area contributed by atoms with E-state index in [-0.39, 0.29) is 0 Å². The molecule has 0 radical (unpaired) electrons. The van der Waals surface area contributed by atoms with Gasteiger partial charge in [-0.25, -0.2) is 0 Å². The maximum absolute atomic E-state index is 2.32. The topological polar surface area (TPSA) is 0 Å². The van der Waals surface area contributed by atoms with Crippen LogP contribution in [0.5, 0.6) is 0 Å². The standard InChI is InChI=1S/C26H44/c1-3-5-7-8-9-10-11-12-13-14-15-16-18-22-26-24-20-19-23-25(26)21-17-6-4-2/h17,19-21,23-24H,3-16,18,22H2,1-2H3. The van der Waals surface area contributed by atoms with Gasteiger partial charge in [-0.3, -0.25) is 0 Å². The molecule has 1 aromatic rings. The molecule has 1 rings (SSSR count). The summed E-state index contributed by atoms with van der Waals surface area (Å²) in [7, 11) is 0. The van der Waals surface area contributed by atoms with Crippen LogP contribution < -0.4 is 0 Å². The molecule has 1 aromatic carbocycles. The van der Waals surface area contributed by atoms with Gasteiger partial charge in [0, 0.05) is 0 Å². The monoisotopic (exact) mass is 356 g/mol. The molecule has 0 nitrogen and oxygen atoms in total. The first-order chi connectivity index (χ1) is 12.9. The van der Waals surface area contributed by atoms with Crippen LogP contribution >= 0.6 is 0 Å². The minimum atomic E-state index is 1.19. The quantitative estimate of drug-likeness (QED) is 0.244. The van der Waals surface area contributed by atoms with E-state index in [2.05, 4.69) is 50.3 Å². The number of rotatable bonds is 17. The van der Waals surface area contributed by atoms with E-state index in [1.165, 1.54) is 114 Å². The molecule has 0 aromatic heterocycles. The Labute approximate surface area is 164 Å². The zero-order valence-corrected chi connectivity index (χ0v) is 17.8. The minimum Gasteiger partial charge on any atom is -0.0839 e. The summed E-state index contributed by atoms with van der Waals surface area (Å²) in [5.74, 6) is 0. The lowest BCUT2D eigenvalue weighted by Crippen LogP contribution is -1.90. The van der Waals surface area contributed by atoms with Crippen LogP contribution in [0, 0.1) is 0 Å². The highest BCUT2D eigenvalue weighted by Gasteiger charge is 1.99. The van der Waals surface area contributed by atoms with Gasteiger partial charge in [-0.2, -0.15) is 0 Å². The summed E-state index contributed by atoms with van der Waals surface area (Å²) in [6.07, 6.45) is 26.9. The van der Waals surface area contributed by atoms with E-state index in [0.29, 0.717) is 0 Å². The third kappa shape index (κ3) is 12.3. The van der Waals surface area contributed by atoms with Crippen LogP contribution in [0.1, 0.15) is 121 Å². The Morgan fingerprint density at radius 1 is 0.615 bits per heavy atom. The van der Waals surface area contributed by atoms with Crippen molar-refractivity contribution in [1.82, 2.24) is 0 Å². The molecule has 0 unspecified atom stereocenters. The second kappa shape index (κ2) is 17.4. The molecule has 0 heterocycles. The first-order valence-corrected chi connectivity index (χ1v) is 11.6. The Bertz CT molecular complexity index is 443. The molecular weight excluding hydrogens is 312 g/mol. The molecule has 0 saturated carbocycles. The minimum absolute atomic E-state index is 1.19. The summed E-state index contributed by atoms with van der Waals surface area (Å²) >= 11 is 0. The summed E-state index contributed by atoms with van der Waals surface area (Å²) in [6.45, 7) is 4.53. The van der Waals surface area contributed by atoms with Gasteiger partial charge in [-0.05, 0) is 30.4 Å². The molecule has 0 amide bonds. The van der Waals surface area contributed by atoms with Gasteiger partial charge in [0.1, 0.15) is 0 Å². The molecular formula is C26H44. The lowest BCUT2D eigenvalue weighted by atomic mass is 9.99. The summed E-state index contributed by atoms with van der Waals surface area (Å²) < 4.78 is 0. The van der Waals surface area contributed by atoms with Crippen molar-refractivity contribution in [2.24, 2.45) is 0 Å². The fraction of sp³-hybridized carbons (Fsp3) is 0.692. The van der Waals surface area contributed by atoms with E-state index >= 15 is 0 Å². The number of hydrogen-bond acceptors (Lipinski definition) is 0. The van der Waals surface area contributed by atoms with Gasteiger partial charge >= 0.3 is 0 Å². The normalized spacial score (nSPS) is 11.5. The number of aryl methyl sites for hydroxylation is 1. The SMILES string of the molecule is CCCC=Cc1ccccc1CCCCCCCCCCCCCCC. The predicted molar refractivity (Wildman–Crippen MR) is 120 cm³/mol. The Balaban J connectivity index is 1.99. The molecule has 148 valence electrons. The fourth-order valence-electron chi connectivity index (χ4n) is 3.63. The van der Waals surface area contributed by atoms with Gasteiger partial charge in [0.05, 0.1) is 0 Å². The fourth-order valence-corrected chi connectivity index (χ4v) is 3.63. The summed E-state index contributed by atoms with van der Waals surface area (Å²) in [5.41, 5.74) is 2.96. The second-order valence-corrected chi connectivity index (χ2v) is 7.88. The largest absolute Gasteiger partial charge is 0.0839 e. The maximum atomic E-state index is 2.32. The zero-order valence-electron chi connectivity index (χ0n) is 17.8. The van der Waals surface area contributed by atoms with Gasteiger partial charge in [0.25, 0.3) is 0 Å². The van der Waals surface area contributed by atoms with Crippen molar-refractivity contribution >= 4 is 6.08 Å². The van der Waals surface area contributed by atoms with Crippen LogP contribution in [0.15, 0.2) is 30.3 Å². The molecule has 0 aliphatic rings. The highest BCUT2D eigenvalue weighted by atomic mass is 14.0. The Hall–Kier alpha value is -1.04. The third-order valence-electron chi connectivity index (χ3n) is 5.36. The van der Waals surface area contributed by atoms with E-state index < -0.39 is 0 Å². The Morgan fingerprint density at radius 2 is 1.15 bits per heavy atom. The molecule has 0 fully saturated rings. The van der Waals surface area contributed by atoms with E-state index in [0.717, 1.165) is 0 Å². The second-order valence-electron chi connectivity index (χ2n) is 7.88. The van der Waals surface area contributed by atoms with Crippen LogP contribution in [0.25, 0.3) is 6.08 Å². The molecule has 0 saturated heterocycles. The van der Waals surface area contributed by atoms with Crippen molar-refractivity contribution < 1.29 is 0 Å². The average Bonchev–Trinajstić information content (AvgIpc) is 2.67. The van der Waals surface area contributed by atoms with Crippen molar-refractivity contribution in [3.8, 4) is 0 Å². The van der Waals surface area contributed by atoms with E-state index in [1.54, 1.807) is 0 Å². The third-order valence-corrected chi connectivity index (χ3v) is 5.36. The first kappa shape index (κ1) is 23.0. The highest BCUT2D eigenvalue weighted by Crippen LogP contribution is 2.17.